The maximum absolute atomic E-state index is 13.6. The Morgan fingerprint density at radius 2 is 1.84 bits per heavy atom. The number of halogens is 3. The van der Waals surface area contributed by atoms with Crippen molar-refractivity contribution in [2.24, 2.45) is 11.8 Å². The first-order valence-corrected chi connectivity index (χ1v) is 10.9. The van der Waals surface area contributed by atoms with Crippen LogP contribution in [0.5, 0.6) is 0 Å². The zero-order valence-corrected chi connectivity index (χ0v) is 17.6. The van der Waals surface area contributed by atoms with E-state index in [1.807, 2.05) is 30.3 Å². The molecule has 6 nitrogen and oxygen atoms in total. The van der Waals surface area contributed by atoms with Gasteiger partial charge in [-0.3, -0.25) is 14.3 Å². The molecule has 1 aromatic heterocycles. The molecule has 2 atom stereocenters. The number of amides is 1. The number of nitrogens with zero attached hydrogens (tertiary/aromatic N) is 3. The van der Waals surface area contributed by atoms with E-state index in [-0.39, 0.29) is 49.9 Å². The van der Waals surface area contributed by atoms with Gasteiger partial charge in [-0.15, -0.1) is 0 Å². The molecule has 2 aromatic rings. The third kappa shape index (κ3) is 4.66. The van der Waals surface area contributed by atoms with Gasteiger partial charge in [-0.2, -0.15) is 18.3 Å². The van der Waals surface area contributed by atoms with Crippen molar-refractivity contribution in [1.29, 1.82) is 0 Å². The van der Waals surface area contributed by atoms with Crippen LogP contribution in [0.15, 0.2) is 30.3 Å². The number of hydrogen-bond acceptors (Lipinski definition) is 3. The van der Waals surface area contributed by atoms with Gasteiger partial charge in [0.15, 0.2) is 5.69 Å². The van der Waals surface area contributed by atoms with Gasteiger partial charge in [0.05, 0.1) is 24.7 Å². The Balaban J connectivity index is 1.55. The molecular formula is C23H26F3N3O3. The van der Waals surface area contributed by atoms with Gasteiger partial charge >= 0.3 is 12.1 Å². The molecule has 1 aliphatic heterocycles. The summed E-state index contributed by atoms with van der Waals surface area (Å²) < 4.78 is 42.2. The van der Waals surface area contributed by atoms with Crippen LogP contribution in [0.4, 0.5) is 13.2 Å². The summed E-state index contributed by atoms with van der Waals surface area (Å²) in [6, 6.07) is 9.10. The van der Waals surface area contributed by atoms with Crippen molar-refractivity contribution in [2.45, 2.75) is 57.8 Å². The molecule has 172 valence electrons. The van der Waals surface area contributed by atoms with Crippen LogP contribution in [0.25, 0.3) is 0 Å². The van der Waals surface area contributed by atoms with Crippen molar-refractivity contribution in [3.8, 4) is 0 Å². The van der Waals surface area contributed by atoms with E-state index in [2.05, 4.69) is 5.10 Å². The zero-order valence-electron chi connectivity index (χ0n) is 17.6. The van der Waals surface area contributed by atoms with E-state index in [1.54, 1.807) is 4.90 Å². The van der Waals surface area contributed by atoms with Gasteiger partial charge in [0, 0.05) is 18.5 Å². The Morgan fingerprint density at radius 3 is 2.53 bits per heavy atom. The molecule has 1 aromatic carbocycles. The van der Waals surface area contributed by atoms with Crippen molar-refractivity contribution >= 4 is 11.9 Å². The lowest BCUT2D eigenvalue weighted by Crippen LogP contribution is -2.39. The molecule has 1 saturated carbocycles. The Kier molecular flexibility index (Phi) is 6.26. The highest BCUT2D eigenvalue weighted by Crippen LogP contribution is 2.37. The van der Waals surface area contributed by atoms with Crippen molar-refractivity contribution in [3.63, 3.8) is 0 Å². The minimum atomic E-state index is -4.56. The second-order valence-electron chi connectivity index (χ2n) is 8.67. The number of benzene rings is 1. The number of carboxylic acid groups (broad SMARTS) is 1. The number of alkyl halides is 3. The minimum Gasteiger partial charge on any atom is -0.481 e. The minimum absolute atomic E-state index is 0.0501. The molecule has 32 heavy (non-hydrogen) atoms. The average molecular weight is 449 g/mol. The summed E-state index contributed by atoms with van der Waals surface area (Å²) in [6.07, 6.45) is -1.38. The SMILES string of the molecule is O=C(O)C1CCCCC1CC(=O)N1CCc2c(C(F)(F)F)nn(Cc3ccccc3)c2C1. The fraction of sp³-hybridized carbons (Fsp3) is 0.522. The smallest absolute Gasteiger partial charge is 0.435 e. The van der Waals surface area contributed by atoms with Gasteiger partial charge in [-0.05, 0) is 30.7 Å². The summed E-state index contributed by atoms with van der Waals surface area (Å²) in [4.78, 5) is 26.1. The lowest BCUT2D eigenvalue weighted by molar-refractivity contribution is -0.146. The van der Waals surface area contributed by atoms with Gasteiger partial charge in [-0.1, -0.05) is 43.2 Å². The van der Waals surface area contributed by atoms with Crippen LogP contribution in [0.3, 0.4) is 0 Å². The zero-order chi connectivity index (χ0) is 22.9. The number of fused-ring (bicyclic) bond motifs is 1. The Bertz CT molecular complexity index is 988. The monoisotopic (exact) mass is 449 g/mol. The summed E-state index contributed by atoms with van der Waals surface area (Å²) in [5.74, 6) is -1.84. The lowest BCUT2D eigenvalue weighted by atomic mass is 9.77. The Hall–Kier alpha value is -2.84. The van der Waals surface area contributed by atoms with Crippen LogP contribution in [0.1, 0.15) is 54.6 Å². The van der Waals surface area contributed by atoms with Crippen LogP contribution in [0, 0.1) is 11.8 Å². The van der Waals surface area contributed by atoms with E-state index >= 15 is 0 Å². The fourth-order valence-electron chi connectivity index (χ4n) is 4.94. The molecule has 0 radical (unpaired) electrons. The maximum atomic E-state index is 13.6. The van der Waals surface area contributed by atoms with E-state index in [9.17, 15) is 27.9 Å². The van der Waals surface area contributed by atoms with E-state index in [0.29, 0.717) is 18.5 Å². The number of rotatable bonds is 5. The normalized spacial score (nSPS) is 21.3. The molecule has 0 bridgehead atoms. The highest BCUT2D eigenvalue weighted by molar-refractivity contribution is 5.78. The fourth-order valence-corrected chi connectivity index (χ4v) is 4.94. The van der Waals surface area contributed by atoms with Crippen LogP contribution in [-0.4, -0.2) is 38.2 Å². The summed E-state index contributed by atoms with van der Waals surface area (Å²) in [6.45, 7) is 0.413. The predicted octanol–water partition coefficient (Wildman–Crippen LogP) is 4.12. The quantitative estimate of drug-likeness (QED) is 0.745. The predicted molar refractivity (Wildman–Crippen MR) is 110 cm³/mol. The second kappa shape index (κ2) is 8.96. The third-order valence-corrected chi connectivity index (χ3v) is 6.60. The van der Waals surface area contributed by atoms with E-state index in [1.165, 1.54) is 4.68 Å². The molecule has 1 N–H and O–H groups in total. The topological polar surface area (TPSA) is 75.4 Å². The van der Waals surface area contributed by atoms with Gasteiger partial charge in [0.25, 0.3) is 0 Å². The van der Waals surface area contributed by atoms with Crippen molar-refractivity contribution in [2.75, 3.05) is 6.54 Å². The summed E-state index contributed by atoms with van der Waals surface area (Å²) in [5, 5.41) is 13.4. The number of carbonyl (C=O) groups is 2. The summed E-state index contributed by atoms with van der Waals surface area (Å²) in [7, 11) is 0. The number of aliphatic carboxylic acids is 1. The van der Waals surface area contributed by atoms with E-state index in [4.69, 9.17) is 0 Å². The molecule has 2 unspecified atom stereocenters. The van der Waals surface area contributed by atoms with Gasteiger partial charge in [0.1, 0.15) is 0 Å². The number of hydrogen-bond donors (Lipinski definition) is 1. The van der Waals surface area contributed by atoms with Crippen LogP contribution >= 0.6 is 0 Å². The Labute approximate surface area is 184 Å². The molecule has 4 rings (SSSR count). The molecule has 0 spiro atoms. The van der Waals surface area contributed by atoms with Gasteiger partial charge in [0.2, 0.25) is 5.91 Å². The van der Waals surface area contributed by atoms with Crippen molar-refractivity contribution < 1.29 is 27.9 Å². The molecule has 2 heterocycles. The molecule has 9 heteroatoms. The number of carbonyl (C=O) groups excluding carboxylic acids is 1. The van der Waals surface area contributed by atoms with Crippen LogP contribution in [-0.2, 0) is 35.3 Å². The van der Waals surface area contributed by atoms with Crippen LogP contribution < -0.4 is 0 Å². The van der Waals surface area contributed by atoms with E-state index < -0.39 is 23.8 Å². The number of carboxylic acids is 1. The third-order valence-electron chi connectivity index (χ3n) is 6.60. The first-order chi connectivity index (χ1) is 15.2. The van der Waals surface area contributed by atoms with Gasteiger partial charge < -0.3 is 10.0 Å². The number of aromatic nitrogens is 2. The lowest BCUT2D eigenvalue weighted by Gasteiger charge is -2.32. The molecule has 1 aliphatic carbocycles. The maximum Gasteiger partial charge on any atom is 0.435 e. The summed E-state index contributed by atoms with van der Waals surface area (Å²) in [5.41, 5.74) is 0.494. The molecule has 2 aliphatic rings. The highest BCUT2D eigenvalue weighted by atomic mass is 19.4. The summed E-state index contributed by atoms with van der Waals surface area (Å²) >= 11 is 0. The first kappa shape index (κ1) is 22.4. The Morgan fingerprint density at radius 1 is 1.12 bits per heavy atom. The standard InChI is InChI=1S/C23H26F3N3O3/c24-23(25,26)21-18-10-11-28(20(30)12-16-8-4-5-9-17(16)22(31)32)14-19(18)29(27-21)13-15-6-2-1-3-7-15/h1-3,6-7,16-17H,4-5,8-14H2,(H,31,32). The van der Waals surface area contributed by atoms with E-state index in [0.717, 1.165) is 18.4 Å². The highest BCUT2D eigenvalue weighted by Gasteiger charge is 2.41. The first-order valence-electron chi connectivity index (χ1n) is 10.9. The molecular weight excluding hydrogens is 423 g/mol. The second-order valence-corrected chi connectivity index (χ2v) is 8.67. The van der Waals surface area contributed by atoms with Crippen molar-refractivity contribution in [3.05, 3.63) is 52.8 Å². The van der Waals surface area contributed by atoms with Crippen molar-refractivity contribution in [1.82, 2.24) is 14.7 Å². The van der Waals surface area contributed by atoms with Gasteiger partial charge in [-0.25, -0.2) is 0 Å². The molecule has 0 saturated heterocycles. The molecule has 1 amide bonds. The largest absolute Gasteiger partial charge is 0.481 e. The molecule has 1 fully saturated rings. The average Bonchev–Trinajstić information content (AvgIpc) is 3.13. The van der Waals surface area contributed by atoms with Crippen LogP contribution in [0.2, 0.25) is 0 Å².